The molecule has 1 aromatic carbocycles. The number of ether oxygens (including phenoxy) is 1. The van der Waals surface area contributed by atoms with E-state index in [1.165, 1.54) is 0 Å². The standard InChI is InChI=1S/C14H13BrN2O2/c1-2-19-12-5-3-4-11(8-12)17-14(18)13-7-6-10(15)9-16-13/h3-9H,2H2,1H3,(H,17,18). The zero-order valence-electron chi connectivity index (χ0n) is 10.4. The Labute approximate surface area is 119 Å². The zero-order chi connectivity index (χ0) is 13.7. The summed E-state index contributed by atoms with van der Waals surface area (Å²) >= 11 is 3.28. The van der Waals surface area contributed by atoms with Gasteiger partial charge >= 0.3 is 0 Å². The first-order valence-corrected chi connectivity index (χ1v) is 6.64. The van der Waals surface area contributed by atoms with Crippen molar-refractivity contribution < 1.29 is 9.53 Å². The molecule has 1 amide bonds. The van der Waals surface area contributed by atoms with Gasteiger partial charge in [-0.3, -0.25) is 4.79 Å². The molecule has 5 heteroatoms. The van der Waals surface area contributed by atoms with E-state index in [0.717, 1.165) is 10.2 Å². The number of rotatable bonds is 4. The lowest BCUT2D eigenvalue weighted by Crippen LogP contribution is -2.13. The molecule has 0 unspecified atom stereocenters. The van der Waals surface area contributed by atoms with E-state index < -0.39 is 0 Å². The number of hydrogen-bond acceptors (Lipinski definition) is 3. The fourth-order valence-electron chi connectivity index (χ4n) is 1.54. The first-order chi connectivity index (χ1) is 9.19. The van der Waals surface area contributed by atoms with Crippen LogP contribution in [0.2, 0.25) is 0 Å². The molecule has 0 saturated carbocycles. The number of nitrogens with zero attached hydrogens (tertiary/aromatic N) is 1. The predicted molar refractivity (Wildman–Crippen MR) is 77.5 cm³/mol. The summed E-state index contributed by atoms with van der Waals surface area (Å²) in [5.74, 6) is 0.477. The second kappa shape index (κ2) is 6.33. The highest BCUT2D eigenvalue weighted by Crippen LogP contribution is 2.18. The number of amides is 1. The van der Waals surface area contributed by atoms with Crippen LogP contribution in [0, 0.1) is 0 Å². The fourth-order valence-corrected chi connectivity index (χ4v) is 1.77. The molecule has 0 aliphatic heterocycles. The first kappa shape index (κ1) is 13.5. The van der Waals surface area contributed by atoms with Crippen molar-refractivity contribution in [2.24, 2.45) is 0 Å². The third kappa shape index (κ3) is 3.79. The molecule has 2 aromatic rings. The second-order valence-corrected chi connectivity index (χ2v) is 4.69. The van der Waals surface area contributed by atoms with Crippen molar-refractivity contribution in [3.05, 3.63) is 52.8 Å². The summed E-state index contributed by atoms with van der Waals surface area (Å²) in [4.78, 5) is 16.0. The van der Waals surface area contributed by atoms with E-state index in [4.69, 9.17) is 4.74 Å². The summed E-state index contributed by atoms with van der Waals surface area (Å²) in [6.07, 6.45) is 1.59. The number of carbonyl (C=O) groups excluding carboxylic acids is 1. The largest absolute Gasteiger partial charge is 0.494 e. The topological polar surface area (TPSA) is 51.2 Å². The molecule has 0 bridgehead atoms. The average Bonchev–Trinajstić information content (AvgIpc) is 2.40. The molecule has 4 nitrogen and oxygen atoms in total. The fraction of sp³-hybridized carbons (Fsp3) is 0.143. The highest BCUT2D eigenvalue weighted by Gasteiger charge is 2.07. The van der Waals surface area contributed by atoms with Gasteiger partial charge in [0, 0.05) is 22.4 Å². The molecule has 0 atom stereocenters. The number of pyridine rings is 1. The Morgan fingerprint density at radius 3 is 2.89 bits per heavy atom. The maximum atomic E-state index is 12.0. The molecule has 0 saturated heterocycles. The third-order valence-corrected chi connectivity index (χ3v) is 2.83. The van der Waals surface area contributed by atoms with Crippen molar-refractivity contribution in [1.29, 1.82) is 0 Å². The van der Waals surface area contributed by atoms with Crippen LogP contribution in [0.3, 0.4) is 0 Å². The molecule has 0 radical (unpaired) electrons. The van der Waals surface area contributed by atoms with Gasteiger partial charge in [-0.25, -0.2) is 4.98 Å². The molecule has 19 heavy (non-hydrogen) atoms. The van der Waals surface area contributed by atoms with Gasteiger partial charge in [-0.2, -0.15) is 0 Å². The van der Waals surface area contributed by atoms with Crippen molar-refractivity contribution in [2.45, 2.75) is 6.92 Å². The minimum atomic E-state index is -0.249. The van der Waals surface area contributed by atoms with Gasteiger partial charge < -0.3 is 10.1 Å². The number of aromatic nitrogens is 1. The molecule has 98 valence electrons. The minimum absolute atomic E-state index is 0.249. The number of anilines is 1. The van der Waals surface area contributed by atoms with Crippen LogP contribution in [0.25, 0.3) is 0 Å². The maximum absolute atomic E-state index is 12.0. The van der Waals surface area contributed by atoms with Crippen LogP contribution in [0.4, 0.5) is 5.69 Å². The molecule has 0 aliphatic carbocycles. The normalized spacial score (nSPS) is 10.0. The number of carbonyl (C=O) groups is 1. The van der Waals surface area contributed by atoms with Crippen LogP contribution in [0.15, 0.2) is 47.1 Å². The monoisotopic (exact) mass is 320 g/mol. The van der Waals surface area contributed by atoms with Gasteiger partial charge in [0.15, 0.2) is 0 Å². The molecule has 0 spiro atoms. The first-order valence-electron chi connectivity index (χ1n) is 5.85. The predicted octanol–water partition coefficient (Wildman–Crippen LogP) is 3.50. The van der Waals surface area contributed by atoms with Gasteiger partial charge in [0.25, 0.3) is 5.91 Å². The van der Waals surface area contributed by atoms with E-state index >= 15 is 0 Å². The zero-order valence-corrected chi connectivity index (χ0v) is 12.0. The smallest absolute Gasteiger partial charge is 0.274 e. The van der Waals surface area contributed by atoms with Crippen molar-refractivity contribution in [3.8, 4) is 5.75 Å². The lowest BCUT2D eigenvalue weighted by atomic mass is 10.2. The summed E-state index contributed by atoms with van der Waals surface area (Å²) in [7, 11) is 0. The molecule has 0 fully saturated rings. The van der Waals surface area contributed by atoms with Crippen LogP contribution in [-0.2, 0) is 0 Å². The Bertz CT molecular complexity index is 570. The van der Waals surface area contributed by atoms with Gasteiger partial charge in [-0.15, -0.1) is 0 Å². The van der Waals surface area contributed by atoms with E-state index in [1.54, 1.807) is 30.5 Å². The average molecular weight is 321 g/mol. The SMILES string of the molecule is CCOc1cccc(NC(=O)c2ccc(Br)cn2)c1. The third-order valence-electron chi connectivity index (χ3n) is 2.36. The number of benzene rings is 1. The molecule has 1 heterocycles. The van der Waals surface area contributed by atoms with Gasteiger partial charge in [-0.05, 0) is 47.1 Å². The van der Waals surface area contributed by atoms with E-state index in [-0.39, 0.29) is 5.91 Å². The Hall–Kier alpha value is -1.88. The number of nitrogens with one attached hydrogen (secondary N) is 1. The van der Waals surface area contributed by atoms with E-state index in [2.05, 4.69) is 26.2 Å². The van der Waals surface area contributed by atoms with Crippen LogP contribution in [0.1, 0.15) is 17.4 Å². The van der Waals surface area contributed by atoms with Gasteiger partial charge in [0.2, 0.25) is 0 Å². The van der Waals surface area contributed by atoms with Gasteiger partial charge in [0.05, 0.1) is 6.61 Å². The van der Waals surface area contributed by atoms with E-state index in [1.807, 2.05) is 19.1 Å². The van der Waals surface area contributed by atoms with Crippen LogP contribution < -0.4 is 10.1 Å². The van der Waals surface area contributed by atoms with Crippen molar-refractivity contribution >= 4 is 27.5 Å². The highest BCUT2D eigenvalue weighted by atomic mass is 79.9. The highest BCUT2D eigenvalue weighted by molar-refractivity contribution is 9.10. The molecule has 1 aromatic heterocycles. The lowest BCUT2D eigenvalue weighted by molar-refractivity contribution is 0.102. The number of hydrogen-bond donors (Lipinski definition) is 1. The van der Waals surface area contributed by atoms with Crippen LogP contribution in [-0.4, -0.2) is 17.5 Å². The van der Waals surface area contributed by atoms with Gasteiger partial charge in [-0.1, -0.05) is 6.07 Å². The van der Waals surface area contributed by atoms with Crippen LogP contribution >= 0.6 is 15.9 Å². The van der Waals surface area contributed by atoms with Crippen molar-refractivity contribution in [3.63, 3.8) is 0 Å². The lowest BCUT2D eigenvalue weighted by Gasteiger charge is -2.07. The van der Waals surface area contributed by atoms with Crippen molar-refractivity contribution in [1.82, 2.24) is 4.98 Å². The second-order valence-electron chi connectivity index (χ2n) is 3.78. The Kier molecular flexibility index (Phi) is 4.52. The molecule has 2 rings (SSSR count). The van der Waals surface area contributed by atoms with Crippen LogP contribution in [0.5, 0.6) is 5.75 Å². The quantitative estimate of drug-likeness (QED) is 0.938. The summed E-state index contributed by atoms with van der Waals surface area (Å²) in [5, 5.41) is 2.78. The Morgan fingerprint density at radius 1 is 1.37 bits per heavy atom. The van der Waals surface area contributed by atoms with E-state index in [0.29, 0.717) is 18.0 Å². The van der Waals surface area contributed by atoms with Crippen molar-refractivity contribution in [2.75, 3.05) is 11.9 Å². The Morgan fingerprint density at radius 2 is 2.21 bits per heavy atom. The molecule has 0 aliphatic rings. The summed E-state index contributed by atoms with van der Waals surface area (Å²) in [6.45, 7) is 2.50. The summed E-state index contributed by atoms with van der Waals surface area (Å²) < 4.78 is 6.21. The Balaban J connectivity index is 2.10. The maximum Gasteiger partial charge on any atom is 0.274 e. The molecular weight excluding hydrogens is 308 g/mol. The van der Waals surface area contributed by atoms with E-state index in [9.17, 15) is 4.79 Å². The van der Waals surface area contributed by atoms with Gasteiger partial charge in [0.1, 0.15) is 11.4 Å². The summed E-state index contributed by atoms with van der Waals surface area (Å²) in [6, 6.07) is 10.7. The number of halogens is 1. The minimum Gasteiger partial charge on any atom is -0.494 e. The summed E-state index contributed by atoms with van der Waals surface area (Å²) in [5.41, 5.74) is 1.05. The molecule has 1 N–H and O–H groups in total. The molecular formula is C14H13BrN2O2.